The van der Waals surface area contributed by atoms with E-state index in [1.54, 1.807) is 0 Å². The predicted octanol–water partition coefficient (Wildman–Crippen LogP) is 1.63. The van der Waals surface area contributed by atoms with Gasteiger partial charge in [-0.25, -0.2) is 17.2 Å². The minimum Gasteiger partial charge on any atom is -0.396 e. The Hall–Kier alpha value is -2.16. The fourth-order valence-electron chi connectivity index (χ4n) is 1.54. The fourth-order valence-corrected chi connectivity index (χ4v) is 2.63. The number of nitrogens with one attached hydrogen (secondary N) is 2. The van der Waals surface area contributed by atoms with Gasteiger partial charge in [-0.2, -0.15) is 5.10 Å². The van der Waals surface area contributed by atoms with Gasteiger partial charge in [-0.3, -0.25) is 9.82 Å². The minimum atomic E-state index is -4.23. The molecule has 6 nitrogen and oxygen atoms in total. The van der Waals surface area contributed by atoms with Crippen LogP contribution >= 0.6 is 0 Å². The highest BCUT2D eigenvalue weighted by molar-refractivity contribution is 7.92. The van der Waals surface area contributed by atoms with Crippen LogP contribution in [0.15, 0.2) is 23.1 Å². The van der Waals surface area contributed by atoms with Gasteiger partial charge in [-0.15, -0.1) is 0 Å². The maximum Gasteiger partial charge on any atom is 0.266 e. The number of nitrogen functional groups attached to an aromatic ring is 1. The molecule has 4 N–H and O–H groups in total. The molecule has 1 aromatic heterocycles. The van der Waals surface area contributed by atoms with E-state index in [2.05, 4.69) is 14.9 Å². The number of sulfonamides is 1. The van der Waals surface area contributed by atoms with Crippen LogP contribution in [0, 0.1) is 11.6 Å². The van der Waals surface area contributed by atoms with Gasteiger partial charge < -0.3 is 5.73 Å². The molecule has 0 saturated carbocycles. The largest absolute Gasteiger partial charge is 0.396 e. The molecule has 0 unspecified atom stereocenters. The lowest BCUT2D eigenvalue weighted by atomic mass is 10.3. The van der Waals surface area contributed by atoms with Crippen LogP contribution < -0.4 is 10.5 Å². The van der Waals surface area contributed by atoms with Crippen molar-refractivity contribution in [3.8, 4) is 0 Å². The van der Waals surface area contributed by atoms with E-state index in [4.69, 9.17) is 5.73 Å². The summed E-state index contributed by atoms with van der Waals surface area (Å²) in [6.45, 7) is 1.85. The van der Waals surface area contributed by atoms with Crippen molar-refractivity contribution in [2.75, 3.05) is 10.5 Å². The molecule has 1 aromatic carbocycles. The summed E-state index contributed by atoms with van der Waals surface area (Å²) >= 11 is 0. The molecule has 108 valence electrons. The van der Waals surface area contributed by atoms with Crippen LogP contribution in [0.4, 0.5) is 20.3 Å². The first-order chi connectivity index (χ1) is 9.33. The van der Waals surface area contributed by atoms with E-state index in [0.717, 1.165) is 6.07 Å². The molecular weight excluding hydrogens is 290 g/mol. The van der Waals surface area contributed by atoms with Crippen molar-refractivity contribution in [1.29, 1.82) is 0 Å². The smallest absolute Gasteiger partial charge is 0.266 e. The van der Waals surface area contributed by atoms with Crippen LogP contribution in [-0.4, -0.2) is 18.6 Å². The number of hydrogen-bond donors (Lipinski definition) is 3. The van der Waals surface area contributed by atoms with Crippen molar-refractivity contribution >= 4 is 21.5 Å². The molecule has 0 aliphatic heterocycles. The molecule has 1 heterocycles. The van der Waals surface area contributed by atoms with Gasteiger partial charge >= 0.3 is 0 Å². The predicted molar refractivity (Wildman–Crippen MR) is 69.5 cm³/mol. The number of rotatable bonds is 4. The monoisotopic (exact) mass is 302 g/mol. The Bertz CT molecular complexity index is 743. The number of H-pyrrole nitrogens is 1. The number of anilines is 2. The van der Waals surface area contributed by atoms with Gasteiger partial charge in [0.05, 0.1) is 5.69 Å². The molecule has 0 atom stereocenters. The number of aromatic amines is 1. The Labute approximate surface area is 114 Å². The molecule has 0 aliphatic rings. The van der Waals surface area contributed by atoms with Gasteiger partial charge in [0.15, 0.2) is 5.82 Å². The number of nitrogens with zero attached hydrogens (tertiary/aromatic N) is 1. The summed E-state index contributed by atoms with van der Waals surface area (Å²) in [4.78, 5) is -0.738. The standard InChI is InChI=1S/C11H12F2N4O2S/c1-2-6-3-11(16-15-6)17-20(18,19)10-5-9(14)7(12)4-8(10)13/h3-5H,2,14H2,1H3,(H2,15,16,17). The van der Waals surface area contributed by atoms with Crippen molar-refractivity contribution in [3.05, 3.63) is 35.5 Å². The molecule has 0 radical (unpaired) electrons. The number of aromatic nitrogens is 2. The number of nitrogens with two attached hydrogens (primary N) is 1. The Balaban J connectivity index is 2.37. The molecule has 2 aromatic rings. The van der Waals surface area contributed by atoms with E-state index in [9.17, 15) is 17.2 Å². The summed E-state index contributed by atoms with van der Waals surface area (Å²) < 4.78 is 52.7. The van der Waals surface area contributed by atoms with Gasteiger partial charge in [-0.1, -0.05) is 6.92 Å². The zero-order valence-corrected chi connectivity index (χ0v) is 11.3. The minimum absolute atomic E-state index is 0.0177. The maximum absolute atomic E-state index is 13.6. The number of aryl methyl sites for hydroxylation is 1. The van der Waals surface area contributed by atoms with Gasteiger partial charge in [0.25, 0.3) is 10.0 Å². The second-order valence-corrected chi connectivity index (χ2v) is 5.69. The lowest BCUT2D eigenvalue weighted by Gasteiger charge is -2.07. The van der Waals surface area contributed by atoms with Crippen LogP contribution in [0.5, 0.6) is 0 Å². The molecule has 9 heteroatoms. The first kappa shape index (κ1) is 14.3. The van der Waals surface area contributed by atoms with Crippen LogP contribution in [0.25, 0.3) is 0 Å². The highest BCUT2D eigenvalue weighted by Gasteiger charge is 2.22. The molecule has 0 amide bonds. The number of halogens is 2. The number of hydrogen-bond acceptors (Lipinski definition) is 4. The normalized spacial score (nSPS) is 11.6. The zero-order valence-electron chi connectivity index (χ0n) is 10.4. The van der Waals surface area contributed by atoms with Crippen LogP contribution in [-0.2, 0) is 16.4 Å². The third-order valence-electron chi connectivity index (χ3n) is 2.59. The first-order valence-electron chi connectivity index (χ1n) is 5.65. The van der Waals surface area contributed by atoms with E-state index < -0.39 is 32.2 Å². The quantitative estimate of drug-likeness (QED) is 0.747. The SMILES string of the molecule is CCc1cc(NS(=O)(=O)c2cc(N)c(F)cc2F)n[nH]1. The molecule has 0 aliphatic carbocycles. The van der Waals surface area contributed by atoms with Crippen molar-refractivity contribution in [3.63, 3.8) is 0 Å². The Morgan fingerprint density at radius 3 is 2.60 bits per heavy atom. The second kappa shape index (κ2) is 5.08. The third kappa shape index (κ3) is 2.72. The summed E-state index contributed by atoms with van der Waals surface area (Å²) in [6.07, 6.45) is 0.632. The zero-order chi connectivity index (χ0) is 14.9. The molecular formula is C11H12F2N4O2S. The fraction of sp³-hybridized carbons (Fsp3) is 0.182. The lowest BCUT2D eigenvalue weighted by Crippen LogP contribution is -2.15. The summed E-state index contributed by atoms with van der Waals surface area (Å²) in [7, 11) is -4.23. The van der Waals surface area contributed by atoms with E-state index in [1.165, 1.54) is 6.07 Å². The molecule has 0 spiro atoms. The van der Waals surface area contributed by atoms with E-state index in [1.807, 2.05) is 6.92 Å². The molecule has 0 bridgehead atoms. The summed E-state index contributed by atoms with van der Waals surface area (Å²) in [5, 5.41) is 6.33. The Morgan fingerprint density at radius 1 is 1.30 bits per heavy atom. The van der Waals surface area contributed by atoms with Crippen LogP contribution in [0.2, 0.25) is 0 Å². The molecule has 20 heavy (non-hydrogen) atoms. The first-order valence-corrected chi connectivity index (χ1v) is 7.13. The Kier molecular flexibility index (Phi) is 3.62. The maximum atomic E-state index is 13.6. The van der Waals surface area contributed by atoms with E-state index >= 15 is 0 Å². The second-order valence-electron chi connectivity index (χ2n) is 4.04. The van der Waals surface area contributed by atoms with Gasteiger partial charge in [0.2, 0.25) is 0 Å². The molecule has 0 fully saturated rings. The average Bonchev–Trinajstić information content (AvgIpc) is 2.80. The summed E-state index contributed by atoms with van der Waals surface area (Å²) in [6, 6.07) is 2.62. The van der Waals surface area contributed by atoms with E-state index in [-0.39, 0.29) is 5.82 Å². The van der Waals surface area contributed by atoms with Crippen LogP contribution in [0.1, 0.15) is 12.6 Å². The van der Waals surface area contributed by atoms with Gasteiger partial charge in [0, 0.05) is 17.8 Å². The lowest BCUT2D eigenvalue weighted by molar-refractivity contribution is 0.553. The van der Waals surface area contributed by atoms with Crippen molar-refractivity contribution in [2.24, 2.45) is 0 Å². The average molecular weight is 302 g/mol. The van der Waals surface area contributed by atoms with Crippen molar-refractivity contribution in [1.82, 2.24) is 10.2 Å². The third-order valence-corrected chi connectivity index (χ3v) is 3.96. The van der Waals surface area contributed by atoms with Gasteiger partial charge in [-0.05, 0) is 12.5 Å². The number of benzene rings is 1. The molecule has 0 saturated heterocycles. The van der Waals surface area contributed by atoms with Crippen LogP contribution in [0.3, 0.4) is 0 Å². The highest BCUT2D eigenvalue weighted by Crippen LogP contribution is 2.23. The van der Waals surface area contributed by atoms with Gasteiger partial charge in [0.1, 0.15) is 16.5 Å². The molecule has 2 rings (SSSR count). The van der Waals surface area contributed by atoms with Crippen molar-refractivity contribution < 1.29 is 17.2 Å². The topological polar surface area (TPSA) is 101 Å². The summed E-state index contributed by atoms with van der Waals surface area (Å²) in [5.74, 6) is -2.23. The summed E-state index contributed by atoms with van der Waals surface area (Å²) in [5.41, 5.74) is 5.50. The Morgan fingerprint density at radius 2 is 2.00 bits per heavy atom. The van der Waals surface area contributed by atoms with Crippen molar-refractivity contribution in [2.45, 2.75) is 18.2 Å². The highest BCUT2D eigenvalue weighted by atomic mass is 32.2. The van der Waals surface area contributed by atoms with E-state index in [0.29, 0.717) is 18.2 Å².